The highest BCUT2D eigenvalue weighted by Gasteiger charge is 2.20. The molecule has 0 fully saturated rings. The van der Waals surface area contributed by atoms with E-state index in [2.05, 4.69) is 15.3 Å². The largest absolute Gasteiger partial charge is 0.377 e. The number of hydrogen-bond donors (Lipinski definition) is 2. The summed E-state index contributed by atoms with van der Waals surface area (Å²) in [4.78, 5) is 9.18. The van der Waals surface area contributed by atoms with Crippen molar-refractivity contribution >= 4 is 50.2 Å². The number of nitrogens with two attached hydrogens (primary N) is 1. The maximum absolute atomic E-state index is 14.0. The van der Waals surface area contributed by atoms with E-state index in [4.69, 9.17) is 17.3 Å². The molecule has 0 radical (unpaired) electrons. The van der Waals surface area contributed by atoms with Crippen LogP contribution < -0.4 is 11.1 Å². The molecule has 116 valence electrons. The van der Waals surface area contributed by atoms with Gasteiger partial charge >= 0.3 is 0 Å². The molecule has 0 aromatic carbocycles. The first-order valence-corrected chi connectivity index (χ1v) is 8.73. The Bertz CT molecular complexity index is 788. The minimum atomic E-state index is -1.18. The summed E-state index contributed by atoms with van der Waals surface area (Å²) < 4.78 is 14.9. The maximum atomic E-state index is 14.0. The fourth-order valence-corrected chi connectivity index (χ4v) is 4.19. The number of aryl methyl sites for hydroxylation is 1. The van der Waals surface area contributed by atoms with E-state index in [0.29, 0.717) is 16.6 Å². The summed E-state index contributed by atoms with van der Waals surface area (Å²) >= 11 is 9.05. The van der Waals surface area contributed by atoms with Crippen molar-refractivity contribution in [1.29, 1.82) is 0 Å². The van der Waals surface area contributed by atoms with Crippen LogP contribution in [0.2, 0.25) is 5.15 Å². The van der Waals surface area contributed by atoms with Crippen molar-refractivity contribution in [3.63, 3.8) is 0 Å². The second kappa shape index (κ2) is 6.45. The lowest BCUT2D eigenvalue weighted by Crippen LogP contribution is -2.06. The number of pyridine rings is 1. The first-order chi connectivity index (χ1) is 10.6. The van der Waals surface area contributed by atoms with E-state index in [1.165, 1.54) is 11.3 Å². The fourth-order valence-electron chi connectivity index (χ4n) is 2.21. The predicted octanol–water partition coefficient (Wildman–Crippen LogP) is 4.30. The third kappa shape index (κ3) is 2.94. The number of anilines is 1. The van der Waals surface area contributed by atoms with Crippen molar-refractivity contribution in [2.75, 3.05) is 11.9 Å². The van der Waals surface area contributed by atoms with Gasteiger partial charge in [-0.25, -0.2) is 14.4 Å². The van der Waals surface area contributed by atoms with Crippen molar-refractivity contribution in [2.45, 2.75) is 19.6 Å². The average molecular weight is 357 g/mol. The normalized spacial score (nSPS) is 12.7. The lowest BCUT2D eigenvalue weighted by Gasteiger charge is -2.06. The molecule has 0 aliphatic heterocycles. The average Bonchev–Trinajstić information content (AvgIpc) is 3.13. The van der Waals surface area contributed by atoms with Crippen molar-refractivity contribution in [3.8, 4) is 0 Å². The van der Waals surface area contributed by atoms with Crippen molar-refractivity contribution in [1.82, 2.24) is 9.97 Å². The molecule has 0 aliphatic carbocycles. The third-order valence-electron chi connectivity index (χ3n) is 3.28. The second-order valence-corrected chi connectivity index (χ2v) is 7.16. The molecule has 8 heteroatoms. The molecule has 3 aromatic rings. The predicted molar refractivity (Wildman–Crippen MR) is 91.7 cm³/mol. The van der Waals surface area contributed by atoms with Gasteiger partial charge in [0.1, 0.15) is 16.3 Å². The molecule has 0 saturated carbocycles. The Kier molecular flexibility index (Phi) is 4.58. The van der Waals surface area contributed by atoms with Gasteiger partial charge < -0.3 is 11.1 Å². The SMILES string of the molecule is Cc1c(C(F)CN)sc2c(NCc3nccs3)cc(Cl)nc12. The summed E-state index contributed by atoms with van der Waals surface area (Å²) in [6, 6.07) is 1.76. The standard InChI is InChI=1S/C14H14ClFN4S2/c1-7-12-14(22-13(7)8(16)5-17)9(4-10(15)20-12)19-6-11-18-2-3-21-11/h2-4,8H,5-6,17H2,1H3,(H,19,20). The van der Waals surface area contributed by atoms with Gasteiger partial charge in [-0.15, -0.1) is 22.7 Å². The van der Waals surface area contributed by atoms with E-state index in [-0.39, 0.29) is 6.54 Å². The van der Waals surface area contributed by atoms with Crippen LogP contribution in [0.4, 0.5) is 10.1 Å². The monoisotopic (exact) mass is 356 g/mol. The summed E-state index contributed by atoms with van der Waals surface area (Å²) in [5, 5.41) is 6.59. The second-order valence-electron chi connectivity index (χ2n) is 4.74. The number of alkyl halides is 1. The number of aromatic nitrogens is 2. The molecule has 0 spiro atoms. The van der Waals surface area contributed by atoms with Gasteiger partial charge in [-0.2, -0.15) is 0 Å². The van der Waals surface area contributed by atoms with Gasteiger partial charge in [0.2, 0.25) is 0 Å². The first-order valence-electron chi connectivity index (χ1n) is 6.66. The highest BCUT2D eigenvalue weighted by Crippen LogP contribution is 2.39. The minimum absolute atomic E-state index is 0.0384. The maximum Gasteiger partial charge on any atom is 0.147 e. The van der Waals surface area contributed by atoms with Gasteiger partial charge in [0, 0.05) is 29.1 Å². The number of thiophene rings is 1. The molecule has 0 bridgehead atoms. The molecule has 1 atom stereocenters. The quantitative estimate of drug-likeness (QED) is 0.669. The molecule has 22 heavy (non-hydrogen) atoms. The number of hydrogen-bond acceptors (Lipinski definition) is 6. The van der Waals surface area contributed by atoms with Crippen molar-refractivity contribution in [2.24, 2.45) is 5.73 Å². The summed E-state index contributed by atoms with van der Waals surface area (Å²) in [6.45, 7) is 2.41. The molecular weight excluding hydrogens is 343 g/mol. The molecule has 0 aliphatic rings. The zero-order valence-electron chi connectivity index (χ0n) is 11.8. The van der Waals surface area contributed by atoms with Crippen LogP contribution in [-0.4, -0.2) is 16.5 Å². The molecule has 3 rings (SSSR count). The van der Waals surface area contributed by atoms with Crippen molar-refractivity contribution in [3.05, 3.63) is 38.2 Å². The third-order valence-corrected chi connectivity index (χ3v) is 5.66. The van der Waals surface area contributed by atoms with Crippen molar-refractivity contribution < 1.29 is 4.39 Å². The summed E-state index contributed by atoms with van der Waals surface area (Å²) in [5.41, 5.74) is 7.82. The van der Waals surface area contributed by atoms with Gasteiger partial charge in [-0.05, 0) is 12.5 Å². The molecule has 3 aromatic heterocycles. The Labute approximate surface area is 140 Å². The Morgan fingerprint density at radius 3 is 3.00 bits per heavy atom. The van der Waals surface area contributed by atoms with E-state index in [1.807, 2.05) is 12.3 Å². The van der Waals surface area contributed by atoms with Gasteiger partial charge in [0.05, 0.1) is 22.4 Å². The smallest absolute Gasteiger partial charge is 0.147 e. The van der Waals surface area contributed by atoms with E-state index in [9.17, 15) is 4.39 Å². The summed E-state index contributed by atoms with van der Waals surface area (Å²) in [5.74, 6) is 0. The number of nitrogens with one attached hydrogen (secondary N) is 1. The Balaban J connectivity index is 2.01. The van der Waals surface area contributed by atoms with Gasteiger partial charge in [0.15, 0.2) is 0 Å². The summed E-state index contributed by atoms with van der Waals surface area (Å²) in [6.07, 6.45) is 0.587. The van der Waals surface area contributed by atoms with Crippen LogP contribution in [0.25, 0.3) is 10.2 Å². The molecule has 4 nitrogen and oxygen atoms in total. The lowest BCUT2D eigenvalue weighted by molar-refractivity contribution is 0.357. The van der Waals surface area contributed by atoms with E-state index in [1.54, 1.807) is 23.6 Å². The number of halogens is 2. The van der Waals surface area contributed by atoms with Crippen LogP contribution >= 0.6 is 34.3 Å². The minimum Gasteiger partial charge on any atom is -0.377 e. The fraction of sp³-hybridized carbons (Fsp3) is 0.286. The zero-order chi connectivity index (χ0) is 15.7. The highest BCUT2D eigenvalue weighted by molar-refractivity contribution is 7.20. The topological polar surface area (TPSA) is 63.8 Å². The number of rotatable bonds is 5. The number of nitrogens with zero attached hydrogens (tertiary/aromatic N) is 2. The highest BCUT2D eigenvalue weighted by atomic mass is 35.5. The first kappa shape index (κ1) is 15.6. The number of thiazole rings is 1. The molecule has 3 N–H and O–H groups in total. The van der Waals surface area contributed by atoms with Crippen LogP contribution in [0, 0.1) is 6.92 Å². The Morgan fingerprint density at radius 2 is 2.32 bits per heavy atom. The molecular formula is C14H14ClFN4S2. The van der Waals surface area contributed by atoms with E-state index >= 15 is 0 Å². The van der Waals surface area contributed by atoms with Crippen LogP contribution in [-0.2, 0) is 6.54 Å². The molecule has 0 saturated heterocycles. The van der Waals surface area contributed by atoms with E-state index < -0.39 is 6.17 Å². The summed E-state index contributed by atoms with van der Waals surface area (Å²) in [7, 11) is 0. The Hall–Kier alpha value is -1.28. The molecule has 1 unspecified atom stereocenters. The zero-order valence-corrected chi connectivity index (χ0v) is 14.2. The van der Waals surface area contributed by atoms with Gasteiger partial charge in [-0.3, -0.25) is 0 Å². The van der Waals surface area contributed by atoms with Crippen LogP contribution in [0.5, 0.6) is 0 Å². The van der Waals surface area contributed by atoms with Gasteiger partial charge in [-0.1, -0.05) is 11.6 Å². The van der Waals surface area contributed by atoms with Crippen LogP contribution in [0.3, 0.4) is 0 Å². The van der Waals surface area contributed by atoms with E-state index in [0.717, 1.165) is 26.5 Å². The van der Waals surface area contributed by atoms with Gasteiger partial charge in [0.25, 0.3) is 0 Å². The lowest BCUT2D eigenvalue weighted by atomic mass is 10.2. The number of fused-ring (bicyclic) bond motifs is 1. The molecule has 3 heterocycles. The van der Waals surface area contributed by atoms with Crippen LogP contribution in [0.15, 0.2) is 17.6 Å². The Morgan fingerprint density at radius 1 is 1.50 bits per heavy atom. The van der Waals surface area contributed by atoms with Crippen LogP contribution in [0.1, 0.15) is 21.6 Å². The molecule has 0 amide bonds.